The van der Waals surface area contributed by atoms with Crippen LogP contribution >= 0.6 is 0 Å². The van der Waals surface area contributed by atoms with E-state index in [-0.39, 0.29) is 30.0 Å². The maximum Gasteiger partial charge on any atom is 0.274 e. The first-order valence-electron chi connectivity index (χ1n) is 16.2. The fourth-order valence-corrected chi connectivity index (χ4v) is 7.56. The molecule has 9 heteroatoms. The average molecular weight is 620 g/mol. The number of aryl methyl sites for hydroxylation is 2. The molecule has 46 heavy (non-hydrogen) atoms. The van der Waals surface area contributed by atoms with Crippen molar-refractivity contribution in [1.29, 1.82) is 0 Å². The number of hydrogen-bond acceptors (Lipinski definition) is 5. The Balaban J connectivity index is 1.19. The van der Waals surface area contributed by atoms with Gasteiger partial charge in [0.15, 0.2) is 0 Å². The number of amides is 2. The standard InChI is InChI=1S/C37H41N5O4/c1-38-15-16-39(2)37(46)34(38)25-13-11-24(12-14-25)19-27-20-28(22-40(3)35(27)44)29-8-6-10-32(30(29)23-43)42-18-17-41-31-9-5-4-7-26(31)21-33(41)36(42)45/h6,8,10-14,20-22,34,43H,4-5,7,9,15-19,23H2,1-3H3/t34-/m1/s1. The third kappa shape index (κ3) is 5.17. The molecule has 7 rings (SSSR count). The fraction of sp³-hybridized carbons (Fsp3) is 0.378. The fourth-order valence-electron chi connectivity index (χ4n) is 7.56. The second kappa shape index (κ2) is 12.0. The van der Waals surface area contributed by atoms with Gasteiger partial charge in [0, 0.05) is 69.7 Å². The molecule has 1 aliphatic carbocycles. The molecule has 1 atom stereocenters. The molecule has 2 aliphatic heterocycles. The summed E-state index contributed by atoms with van der Waals surface area (Å²) in [6, 6.07) is 17.4. The van der Waals surface area contributed by atoms with Gasteiger partial charge in [-0.1, -0.05) is 36.4 Å². The summed E-state index contributed by atoms with van der Waals surface area (Å²) in [7, 11) is 5.55. The smallest absolute Gasteiger partial charge is 0.274 e. The Kier molecular flexibility index (Phi) is 7.90. The SMILES string of the molecule is CN1CCN(C)[C@H](c2ccc(Cc3cc(-c4cccc(N5CCn6c(cc7c6CCCC7)C5=O)c4CO)cn(C)c3=O)cc2)C1=O. The number of piperazine rings is 1. The first kappa shape index (κ1) is 30.2. The summed E-state index contributed by atoms with van der Waals surface area (Å²) in [6.45, 7) is 2.56. The topological polar surface area (TPSA) is 91.0 Å². The van der Waals surface area contributed by atoms with Gasteiger partial charge in [-0.3, -0.25) is 19.3 Å². The van der Waals surface area contributed by atoms with E-state index >= 15 is 0 Å². The highest BCUT2D eigenvalue weighted by Gasteiger charge is 2.33. The Hall–Kier alpha value is -4.47. The van der Waals surface area contributed by atoms with Crippen LogP contribution in [0.2, 0.25) is 0 Å². The maximum atomic E-state index is 13.8. The minimum absolute atomic E-state index is 0.0372. The number of hydrogen-bond donors (Lipinski definition) is 1. The van der Waals surface area contributed by atoms with Gasteiger partial charge >= 0.3 is 0 Å². The van der Waals surface area contributed by atoms with E-state index in [1.807, 2.05) is 62.6 Å². The zero-order chi connectivity index (χ0) is 32.1. The molecule has 0 bridgehead atoms. The molecule has 238 valence electrons. The number of aliphatic hydroxyl groups excluding tert-OH is 1. The predicted molar refractivity (Wildman–Crippen MR) is 178 cm³/mol. The van der Waals surface area contributed by atoms with Crippen molar-refractivity contribution in [3.8, 4) is 11.1 Å². The summed E-state index contributed by atoms with van der Waals surface area (Å²) < 4.78 is 3.78. The monoisotopic (exact) mass is 619 g/mol. The lowest BCUT2D eigenvalue weighted by Crippen LogP contribution is -2.48. The van der Waals surface area contributed by atoms with Crippen LogP contribution in [0.4, 0.5) is 5.69 Å². The molecule has 2 amide bonds. The number of likely N-dealkylation sites (N-methyl/N-ethyl adjacent to an activating group) is 2. The Morgan fingerprint density at radius 3 is 2.43 bits per heavy atom. The predicted octanol–water partition coefficient (Wildman–Crippen LogP) is 3.92. The van der Waals surface area contributed by atoms with E-state index in [0.717, 1.165) is 66.7 Å². The molecule has 9 nitrogen and oxygen atoms in total. The molecule has 1 saturated heterocycles. The molecule has 0 spiro atoms. The quantitative estimate of drug-likeness (QED) is 0.354. The van der Waals surface area contributed by atoms with Gasteiger partial charge in [-0.05, 0) is 78.7 Å². The third-order valence-electron chi connectivity index (χ3n) is 10.1. The number of carbonyl (C=O) groups is 2. The Morgan fingerprint density at radius 1 is 0.870 bits per heavy atom. The van der Waals surface area contributed by atoms with Crippen molar-refractivity contribution < 1.29 is 14.7 Å². The van der Waals surface area contributed by atoms with E-state index in [1.165, 1.54) is 11.3 Å². The van der Waals surface area contributed by atoms with Crippen LogP contribution in [0.1, 0.15) is 62.9 Å². The summed E-state index contributed by atoms with van der Waals surface area (Å²) in [5.41, 5.74) is 8.75. The van der Waals surface area contributed by atoms with Crippen LogP contribution in [0.25, 0.3) is 11.1 Å². The van der Waals surface area contributed by atoms with Gasteiger partial charge in [0.1, 0.15) is 11.7 Å². The summed E-state index contributed by atoms with van der Waals surface area (Å²) in [5, 5.41) is 10.7. The number of rotatable bonds is 6. The van der Waals surface area contributed by atoms with Gasteiger partial charge in [-0.15, -0.1) is 0 Å². The van der Waals surface area contributed by atoms with Gasteiger partial charge in [0.25, 0.3) is 11.5 Å². The summed E-state index contributed by atoms with van der Waals surface area (Å²) in [5.74, 6) is 0.0502. The van der Waals surface area contributed by atoms with Crippen molar-refractivity contribution in [2.45, 2.75) is 51.3 Å². The van der Waals surface area contributed by atoms with Crippen LogP contribution in [-0.4, -0.2) is 69.6 Å². The number of anilines is 1. The van der Waals surface area contributed by atoms with Crippen LogP contribution in [0, 0.1) is 0 Å². The van der Waals surface area contributed by atoms with E-state index in [0.29, 0.717) is 36.3 Å². The van der Waals surface area contributed by atoms with Gasteiger partial charge in [-0.2, -0.15) is 0 Å². The van der Waals surface area contributed by atoms with Gasteiger partial charge in [-0.25, -0.2) is 0 Å². The molecule has 4 heterocycles. The number of carbonyl (C=O) groups excluding carboxylic acids is 2. The second-order valence-electron chi connectivity index (χ2n) is 13.0. The van der Waals surface area contributed by atoms with Crippen LogP contribution in [0.15, 0.2) is 65.6 Å². The van der Waals surface area contributed by atoms with Crippen LogP contribution in [0.5, 0.6) is 0 Å². The second-order valence-corrected chi connectivity index (χ2v) is 13.0. The molecular formula is C37H41N5O4. The highest BCUT2D eigenvalue weighted by Crippen LogP contribution is 2.35. The third-order valence-corrected chi connectivity index (χ3v) is 10.1. The van der Waals surface area contributed by atoms with E-state index < -0.39 is 0 Å². The molecule has 0 unspecified atom stereocenters. The van der Waals surface area contributed by atoms with Crippen molar-refractivity contribution in [2.75, 3.05) is 38.6 Å². The Morgan fingerprint density at radius 2 is 1.65 bits per heavy atom. The molecule has 1 fully saturated rings. The lowest BCUT2D eigenvalue weighted by Gasteiger charge is -2.37. The molecule has 0 radical (unpaired) electrons. The van der Waals surface area contributed by atoms with E-state index in [4.69, 9.17) is 0 Å². The average Bonchev–Trinajstić information content (AvgIpc) is 3.45. The van der Waals surface area contributed by atoms with E-state index in [1.54, 1.807) is 27.6 Å². The number of aliphatic hydroxyl groups is 1. The largest absolute Gasteiger partial charge is 0.392 e. The Labute approximate surface area is 269 Å². The lowest BCUT2D eigenvalue weighted by molar-refractivity contribution is -0.139. The lowest BCUT2D eigenvalue weighted by atomic mass is 9.95. The number of benzene rings is 2. The Bertz CT molecular complexity index is 1890. The first-order valence-corrected chi connectivity index (χ1v) is 16.2. The van der Waals surface area contributed by atoms with Crippen LogP contribution in [0.3, 0.4) is 0 Å². The molecule has 2 aromatic carbocycles. The highest BCUT2D eigenvalue weighted by molar-refractivity contribution is 6.07. The van der Waals surface area contributed by atoms with Gasteiger partial charge in [0.2, 0.25) is 5.91 Å². The number of pyridine rings is 1. The highest BCUT2D eigenvalue weighted by atomic mass is 16.3. The van der Waals surface area contributed by atoms with Crippen molar-refractivity contribution in [2.24, 2.45) is 7.05 Å². The summed E-state index contributed by atoms with van der Waals surface area (Å²) >= 11 is 0. The van der Waals surface area contributed by atoms with Crippen molar-refractivity contribution in [3.05, 3.63) is 110 Å². The van der Waals surface area contributed by atoms with E-state index in [2.05, 4.69) is 15.5 Å². The minimum Gasteiger partial charge on any atom is -0.392 e. The molecule has 1 N–H and O–H groups in total. The number of aromatic nitrogens is 2. The molecular weight excluding hydrogens is 578 g/mol. The first-order chi connectivity index (χ1) is 22.2. The van der Waals surface area contributed by atoms with Gasteiger partial charge in [0.05, 0.1) is 12.3 Å². The maximum absolute atomic E-state index is 13.8. The van der Waals surface area contributed by atoms with E-state index in [9.17, 15) is 19.5 Å². The van der Waals surface area contributed by atoms with Crippen molar-refractivity contribution in [1.82, 2.24) is 18.9 Å². The normalized spacial score (nSPS) is 18.6. The zero-order valence-electron chi connectivity index (χ0n) is 26.8. The van der Waals surface area contributed by atoms with Gasteiger partial charge < -0.3 is 24.0 Å². The summed E-state index contributed by atoms with van der Waals surface area (Å²) in [6.07, 6.45) is 6.59. The number of fused-ring (bicyclic) bond motifs is 3. The molecule has 4 aromatic rings. The minimum atomic E-state index is -0.311. The number of nitrogens with zero attached hydrogens (tertiary/aromatic N) is 5. The van der Waals surface area contributed by atoms with Crippen molar-refractivity contribution >= 4 is 17.5 Å². The van der Waals surface area contributed by atoms with Crippen molar-refractivity contribution in [3.63, 3.8) is 0 Å². The van der Waals surface area contributed by atoms with Crippen LogP contribution in [-0.2, 0) is 44.3 Å². The summed E-state index contributed by atoms with van der Waals surface area (Å²) in [4.78, 5) is 45.6. The zero-order valence-corrected chi connectivity index (χ0v) is 26.8. The molecule has 3 aliphatic rings. The molecule has 2 aromatic heterocycles. The van der Waals surface area contributed by atoms with Crippen LogP contribution < -0.4 is 10.5 Å². The molecule has 0 saturated carbocycles.